The molecule has 0 aliphatic heterocycles. The smallest absolute Gasteiger partial charge is 0.303 e. The van der Waals surface area contributed by atoms with Crippen LogP contribution in [0, 0.1) is 36.0 Å². The number of aliphatic hydroxyl groups is 1. The molecule has 1 unspecified atom stereocenters. The van der Waals surface area contributed by atoms with Gasteiger partial charge in [0.1, 0.15) is 6.10 Å². The van der Waals surface area contributed by atoms with Crippen LogP contribution in [0.25, 0.3) is 0 Å². The molecule has 2 fully saturated rings. The summed E-state index contributed by atoms with van der Waals surface area (Å²) in [5, 5.41) is 11.8. The lowest BCUT2D eigenvalue weighted by Gasteiger charge is -2.53. The summed E-state index contributed by atoms with van der Waals surface area (Å²) in [7, 11) is 0. The number of nitrogens with zero attached hydrogens (tertiary/aromatic N) is 1. The largest absolute Gasteiger partial charge is 0.458 e. The fraction of sp³-hybridized carbons (Fsp3) is 0.815. The number of fused-ring (bicyclic) bond motifs is 1. The molecule has 5 nitrogen and oxygen atoms in total. The van der Waals surface area contributed by atoms with Crippen LogP contribution >= 0.6 is 0 Å². The van der Waals surface area contributed by atoms with E-state index in [0.29, 0.717) is 24.2 Å². The Morgan fingerprint density at radius 2 is 1.91 bits per heavy atom. The first kappa shape index (κ1) is 25.3. The fourth-order valence-electron chi connectivity index (χ4n) is 6.42. The van der Waals surface area contributed by atoms with Gasteiger partial charge in [0.2, 0.25) is 5.91 Å². The maximum absolute atomic E-state index is 12.8. The minimum absolute atomic E-state index is 0.0127. The molecule has 1 radical (unpaired) electrons. The van der Waals surface area contributed by atoms with Gasteiger partial charge in [-0.15, -0.1) is 0 Å². The molecular weight excluding hydrogens is 402 g/mol. The van der Waals surface area contributed by atoms with Crippen LogP contribution in [-0.4, -0.2) is 46.7 Å². The summed E-state index contributed by atoms with van der Waals surface area (Å²) in [5.41, 5.74) is 0.00428. The first-order valence-electron chi connectivity index (χ1n) is 12.9. The Balaban J connectivity index is 1.76. The monoisotopic (exact) mass is 446 g/mol. The maximum Gasteiger partial charge on any atom is 0.303 e. The van der Waals surface area contributed by atoms with Crippen LogP contribution in [0.1, 0.15) is 86.0 Å². The minimum atomic E-state index is -0.986. The number of rotatable bonds is 7. The Morgan fingerprint density at radius 1 is 1.22 bits per heavy atom. The molecule has 2 saturated carbocycles. The van der Waals surface area contributed by atoms with Crippen molar-refractivity contribution in [1.82, 2.24) is 4.90 Å². The van der Waals surface area contributed by atoms with Gasteiger partial charge in [-0.25, -0.2) is 0 Å². The number of esters is 1. The number of hydrogen-bond acceptors (Lipinski definition) is 4. The zero-order chi connectivity index (χ0) is 23.5. The van der Waals surface area contributed by atoms with Crippen LogP contribution in [0.2, 0.25) is 0 Å². The van der Waals surface area contributed by atoms with Crippen LogP contribution in [-0.2, 0) is 14.3 Å². The van der Waals surface area contributed by atoms with Gasteiger partial charge in [-0.1, -0.05) is 46.1 Å². The third-order valence-electron chi connectivity index (χ3n) is 8.42. The first-order valence-corrected chi connectivity index (χ1v) is 12.9. The summed E-state index contributed by atoms with van der Waals surface area (Å²) in [4.78, 5) is 26.5. The molecule has 3 aliphatic carbocycles. The van der Waals surface area contributed by atoms with Crippen molar-refractivity contribution in [3.05, 3.63) is 18.1 Å². The van der Waals surface area contributed by atoms with E-state index in [4.69, 9.17) is 4.74 Å². The van der Waals surface area contributed by atoms with E-state index in [-0.39, 0.29) is 23.7 Å². The van der Waals surface area contributed by atoms with Gasteiger partial charge < -0.3 is 14.7 Å². The molecule has 3 aliphatic rings. The number of amides is 1. The van der Waals surface area contributed by atoms with Crippen LogP contribution in [0.15, 0.2) is 11.6 Å². The molecule has 0 saturated heterocycles. The molecule has 1 N–H and O–H groups in total. The van der Waals surface area contributed by atoms with Crippen LogP contribution in [0.4, 0.5) is 0 Å². The van der Waals surface area contributed by atoms with Gasteiger partial charge in [0.15, 0.2) is 0 Å². The molecule has 0 heterocycles. The average molecular weight is 447 g/mol. The number of ether oxygens (including phenoxy) is 1. The highest BCUT2D eigenvalue weighted by molar-refractivity contribution is 5.75. The van der Waals surface area contributed by atoms with Gasteiger partial charge in [0.05, 0.1) is 5.60 Å². The lowest BCUT2D eigenvalue weighted by molar-refractivity contribution is -0.148. The molecule has 0 spiro atoms. The standard InChI is InChI=1S/C27H44NO4/c1-6-26(30)28(17-22-10-8-7-9-11-22)16-19(3)23-13-12-20(4)27(31)15-25(32-21(5)29)18(2)14-24(23)27/h14-15,19-20,22-25,31H,6-13,16-17H2,1-5H3/t19?,20-,23+,24-,25-,27-/m1/s1. The molecule has 0 bridgehead atoms. The number of carbonyl (C=O) groups excluding carboxylic acids is 2. The molecule has 181 valence electrons. The molecule has 3 rings (SSSR count). The van der Waals surface area contributed by atoms with E-state index in [0.717, 1.165) is 31.5 Å². The SMILES string of the molecule is CCC(=O)N(CC1CCCCC1)CC(C)[C@@H]1CC[C@@H](C)[C@]2(O)[CH][C@@H](OC(C)=O)C(C)=C[C@H]12. The predicted octanol–water partition coefficient (Wildman–Crippen LogP) is 4.93. The Labute approximate surface area is 195 Å². The van der Waals surface area contributed by atoms with Gasteiger partial charge in [0.25, 0.3) is 0 Å². The lowest BCUT2D eigenvalue weighted by Crippen LogP contribution is -2.57. The van der Waals surface area contributed by atoms with Crippen LogP contribution < -0.4 is 0 Å². The molecule has 32 heavy (non-hydrogen) atoms. The van der Waals surface area contributed by atoms with Crippen molar-refractivity contribution in [2.75, 3.05) is 13.1 Å². The van der Waals surface area contributed by atoms with E-state index in [2.05, 4.69) is 24.8 Å². The normalized spacial score (nSPS) is 34.2. The highest BCUT2D eigenvalue weighted by Crippen LogP contribution is 2.51. The van der Waals surface area contributed by atoms with Crippen molar-refractivity contribution in [2.45, 2.75) is 97.7 Å². The van der Waals surface area contributed by atoms with Crippen molar-refractivity contribution >= 4 is 11.9 Å². The molecule has 1 amide bonds. The summed E-state index contributed by atoms with van der Waals surface area (Å²) in [6.07, 6.45) is 12.4. The summed E-state index contributed by atoms with van der Waals surface area (Å²) in [5.74, 6) is 1.23. The zero-order valence-corrected chi connectivity index (χ0v) is 20.8. The second-order valence-corrected chi connectivity index (χ2v) is 10.8. The van der Waals surface area contributed by atoms with Crippen molar-refractivity contribution in [1.29, 1.82) is 0 Å². The Kier molecular flexibility index (Phi) is 8.46. The van der Waals surface area contributed by atoms with Crippen molar-refractivity contribution in [3.63, 3.8) is 0 Å². The molecule has 0 aromatic heterocycles. The number of carbonyl (C=O) groups is 2. The summed E-state index contributed by atoms with van der Waals surface area (Å²) >= 11 is 0. The quantitative estimate of drug-likeness (QED) is 0.445. The summed E-state index contributed by atoms with van der Waals surface area (Å²) in [6, 6.07) is 0. The average Bonchev–Trinajstić information content (AvgIpc) is 2.75. The lowest BCUT2D eigenvalue weighted by atomic mass is 9.57. The summed E-state index contributed by atoms with van der Waals surface area (Å²) < 4.78 is 5.48. The molecule has 6 atom stereocenters. The molecular formula is C27H44NO4. The third kappa shape index (κ3) is 5.58. The molecule has 5 heteroatoms. The number of hydrogen-bond donors (Lipinski definition) is 1. The fourth-order valence-corrected chi connectivity index (χ4v) is 6.42. The second-order valence-electron chi connectivity index (χ2n) is 10.8. The second kappa shape index (κ2) is 10.7. The minimum Gasteiger partial charge on any atom is -0.458 e. The van der Waals surface area contributed by atoms with E-state index < -0.39 is 11.7 Å². The van der Waals surface area contributed by atoms with E-state index in [1.165, 1.54) is 39.0 Å². The van der Waals surface area contributed by atoms with E-state index in [9.17, 15) is 14.7 Å². The van der Waals surface area contributed by atoms with Crippen molar-refractivity contribution in [2.24, 2.45) is 29.6 Å². The van der Waals surface area contributed by atoms with Crippen LogP contribution in [0.5, 0.6) is 0 Å². The van der Waals surface area contributed by atoms with E-state index in [1.807, 2.05) is 20.3 Å². The van der Waals surface area contributed by atoms with Crippen LogP contribution in [0.3, 0.4) is 0 Å². The highest BCUT2D eigenvalue weighted by atomic mass is 16.5. The van der Waals surface area contributed by atoms with E-state index >= 15 is 0 Å². The Morgan fingerprint density at radius 3 is 2.53 bits per heavy atom. The third-order valence-corrected chi connectivity index (χ3v) is 8.42. The predicted molar refractivity (Wildman–Crippen MR) is 127 cm³/mol. The van der Waals surface area contributed by atoms with Gasteiger partial charge in [-0.3, -0.25) is 9.59 Å². The van der Waals surface area contributed by atoms with Gasteiger partial charge in [0, 0.05) is 38.8 Å². The Bertz CT molecular complexity index is 698. The molecule has 0 aromatic carbocycles. The zero-order valence-electron chi connectivity index (χ0n) is 20.8. The van der Waals surface area contributed by atoms with E-state index in [1.54, 1.807) is 0 Å². The van der Waals surface area contributed by atoms with Gasteiger partial charge in [-0.2, -0.15) is 0 Å². The topological polar surface area (TPSA) is 66.8 Å². The summed E-state index contributed by atoms with van der Waals surface area (Å²) in [6.45, 7) is 11.3. The van der Waals surface area contributed by atoms with Crippen molar-refractivity contribution in [3.8, 4) is 0 Å². The maximum atomic E-state index is 12.8. The highest BCUT2D eigenvalue weighted by Gasteiger charge is 2.53. The van der Waals surface area contributed by atoms with Gasteiger partial charge >= 0.3 is 5.97 Å². The van der Waals surface area contributed by atoms with Crippen molar-refractivity contribution < 1.29 is 19.4 Å². The van der Waals surface area contributed by atoms with Gasteiger partial charge in [-0.05, 0) is 61.9 Å². The Hall–Kier alpha value is -1.36. The molecule has 0 aromatic rings. The first-order chi connectivity index (χ1) is 15.2.